The van der Waals surface area contributed by atoms with E-state index in [2.05, 4.69) is 24.1 Å². The number of hydrogen-bond acceptors (Lipinski definition) is 6. The lowest BCUT2D eigenvalue weighted by Crippen LogP contribution is -2.26. The molecule has 3 rings (SSSR count). The number of unbranched alkanes of at least 4 members (excludes halogenated alkanes) is 11. The lowest BCUT2D eigenvalue weighted by atomic mass is 10.1. The number of amides is 1. The van der Waals surface area contributed by atoms with E-state index < -0.39 is 12.3 Å². The van der Waals surface area contributed by atoms with Crippen LogP contribution in [0.2, 0.25) is 0 Å². The first-order valence-electron chi connectivity index (χ1n) is 16.1. The monoisotopic (exact) mass is 592 g/mol. The van der Waals surface area contributed by atoms with E-state index in [0.717, 1.165) is 51.4 Å². The molecular formula is C31H53N4O5P. The topological polar surface area (TPSA) is 108 Å². The average Bonchev–Trinajstić information content (AvgIpc) is 3.86. The highest BCUT2D eigenvalue weighted by atomic mass is 31.2. The van der Waals surface area contributed by atoms with Crippen molar-refractivity contribution in [3.63, 3.8) is 0 Å². The highest BCUT2D eigenvalue weighted by Gasteiger charge is 2.52. The first-order chi connectivity index (χ1) is 19.8. The van der Waals surface area contributed by atoms with Gasteiger partial charge in [-0.2, -0.15) is 0 Å². The lowest BCUT2D eigenvalue weighted by Gasteiger charge is -2.18. The fraction of sp³-hybridized carbons (Fsp3) is 0.806. The number of carbonyl (C=O) groups is 1. The Balaban J connectivity index is 1.34. The summed E-state index contributed by atoms with van der Waals surface area (Å²) in [5.74, 6) is -0.284. The van der Waals surface area contributed by atoms with Crippen LogP contribution < -0.4 is 0 Å². The molecule has 2 aliphatic carbocycles. The van der Waals surface area contributed by atoms with E-state index in [0.29, 0.717) is 17.8 Å². The molecule has 0 bridgehead atoms. The number of rotatable bonds is 23. The molecule has 0 aromatic carbocycles. The van der Waals surface area contributed by atoms with Crippen LogP contribution >= 0.6 is 7.37 Å². The summed E-state index contributed by atoms with van der Waals surface area (Å²) >= 11 is 0. The van der Waals surface area contributed by atoms with Gasteiger partial charge in [0.15, 0.2) is 5.69 Å². The van der Waals surface area contributed by atoms with Gasteiger partial charge in [-0.1, -0.05) is 75.4 Å². The summed E-state index contributed by atoms with van der Waals surface area (Å²) in [6.45, 7) is 2.44. The SMILES string of the molecule is CCCCCCCC/C=C/CCCCCCCC(=O)N(C)Cc1nc([N+](=O)[O-])n(C)c1COP(=O)(C1CC1)C1CC1. The predicted molar refractivity (Wildman–Crippen MR) is 164 cm³/mol. The second-order valence-corrected chi connectivity index (χ2v) is 15.1. The Labute approximate surface area is 247 Å². The maximum absolute atomic E-state index is 13.5. The molecule has 232 valence electrons. The maximum Gasteiger partial charge on any atom is 0.434 e. The van der Waals surface area contributed by atoms with Gasteiger partial charge in [-0.05, 0) is 62.7 Å². The number of carbonyl (C=O) groups excluding carboxylic acids is 1. The van der Waals surface area contributed by atoms with Gasteiger partial charge < -0.3 is 19.5 Å². The van der Waals surface area contributed by atoms with Crippen molar-refractivity contribution in [1.82, 2.24) is 14.5 Å². The Morgan fingerprint density at radius 1 is 1.00 bits per heavy atom. The van der Waals surface area contributed by atoms with Crippen LogP contribution in [0.25, 0.3) is 0 Å². The molecule has 1 aromatic heterocycles. The Bertz CT molecular complexity index is 1030. The molecule has 2 fully saturated rings. The normalized spacial score (nSPS) is 15.6. The quantitative estimate of drug-likeness (QED) is 0.0415. The Hall–Kier alpha value is -1.99. The van der Waals surface area contributed by atoms with Gasteiger partial charge in [0.1, 0.15) is 12.3 Å². The zero-order valence-electron chi connectivity index (χ0n) is 25.7. The fourth-order valence-electron chi connectivity index (χ4n) is 5.44. The molecule has 0 spiro atoms. The zero-order chi connectivity index (χ0) is 29.7. The van der Waals surface area contributed by atoms with Gasteiger partial charge in [-0.25, -0.2) is 4.57 Å². The second kappa shape index (κ2) is 17.2. The van der Waals surface area contributed by atoms with E-state index in [9.17, 15) is 19.5 Å². The molecule has 2 saturated carbocycles. The number of imidazole rings is 1. The van der Waals surface area contributed by atoms with E-state index in [1.807, 2.05) is 0 Å². The van der Waals surface area contributed by atoms with Crippen LogP contribution in [-0.4, -0.2) is 43.6 Å². The van der Waals surface area contributed by atoms with Crippen LogP contribution in [0, 0.1) is 10.1 Å². The van der Waals surface area contributed by atoms with Crippen molar-refractivity contribution in [2.45, 2.75) is 147 Å². The molecule has 0 saturated heterocycles. The molecule has 2 aliphatic rings. The summed E-state index contributed by atoms with van der Waals surface area (Å²) in [6.07, 6.45) is 24.6. The summed E-state index contributed by atoms with van der Waals surface area (Å²) in [5.41, 5.74) is 1.24. The summed E-state index contributed by atoms with van der Waals surface area (Å²) in [6, 6.07) is 0. The molecule has 10 heteroatoms. The summed E-state index contributed by atoms with van der Waals surface area (Å²) < 4.78 is 20.9. The lowest BCUT2D eigenvalue weighted by molar-refractivity contribution is -0.396. The van der Waals surface area contributed by atoms with Gasteiger partial charge in [0.25, 0.3) is 0 Å². The van der Waals surface area contributed by atoms with Crippen molar-refractivity contribution >= 4 is 19.2 Å². The predicted octanol–water partition coefficient (Wildman–Crippen LogP) is 8.44. The van der Waals surface area contributed by atoms with Crippen molar-refractivity contribution in [3.05, 3.63) is 33.7 Å². The van der Waals surface area contributed by atoms with Crippen LogP contribution in [0.4, 0.5) is 5.95 Å². The molecule has 1 heterocycles. The second-order valence-electron chi connectivity index (χ2n) is 12.1. The molecule has 0 atom stereocenters. The average molecular weight is 593 g/mol. The Morgan fingerprint density at radius 3 is 2.07 bits per heavy atom. The summed E-state index contributed by atoms with van der Waals surface area (Å²) in [7, 11) is 0.546. The molecule has 0 radical (unpaired) electrons. The van der Waals surface area contributed by atoms with Gasteiger partial charge in [0, 0.05) is 24.8 Å². The number of nitrogens with zero attached hydrogens (tertiary/aromatic N) is 4. The number of allylic oxidation sites excluding steroid dienone is 2. The zero-order valence-corrected chi connectivity index (χ0v) is 26.6. The van der Waals surface area contributed by atoms with Crippen molar-refractivity contribution in [2.24, 2.45) is 7.05 Å². The van der Waals surface area contributed by atoms with E-state index in [4.69, 9.17) is 4.52 Å². The number of aromatic nitrogens is 2. The van der Waals surface area contributed by atoms with Gasteiger partial charge in [0.2, 0.25) is 13.3 Å². The smallest absolute Gasteiger partial charge is 0.390 e. The van der Waals surface area contributed by atoms with Crippen molar-refractivity contribution in [3.8, 4) is 0 Å². The van der Waals surface area contributed by atoms with Crippen molar-refractivity contribution in [2.75, 3.05) is 7.05 Å². The van der Waals surface area contributed by atoms with E-state index in [-0.39, 0.29) is 36.3 Å². The van der Waals surface area contributed by atoms with Crippen LogP contribution in [0.3, 0.4) is 0 Å². The van der Waals surface area contributed by atoms with E-state index >= 15 is 0 Å². The van der Waals surface area contributed by atoms with Crippen molar-refractivity contribution in [1.29, 1.82) is 0 Å². The van der Waals surface area contributed by atoms with Crippen molar-refractivity contribution < 1.29 is 18.8 Å². The largest absolute Gasteiger partial charge is 0.434 e. The van der Waals surface area contributed by atoms with Gasteiger partial charge in [-0.3, -0.25) is 9.36 Å². The molecule has 9 nitrogen and oxygen atoms in total. The third kappa shape index (κ3) is 11.0. The van der Waals surface area contributed by atoms with Gasteiger partial charge in [0.05, 0.1) is 13.6 Å². The summed E-state index contributed by atoms with van der Waals surface area (Å²) in [5, 5.41) is 11.6. The Morgan fingerprint density at radius 2 is 1.54 bits per heavy atom. The van der Waals surface area contributed by atoms with Crippen LogP contribution in [0.1, 0.15) is 134 Å². The minimum atomic E-state index is -2.75. The van der Waals surface area contributed by atoms with Gasteiger partial charge >= 0.3 is 5.95 Å². The minimum absolute atomic E-state index is 0.00411. The third-order valence-corrected chi connectivity index (χ3v) is 12.0. The minimum Gasteiger partial charge on any atom is -0.390 e. The summed E-state index contributed by atoms with van der Waals surface area (Å²) in [4.78, 5) is 29.6. The molecule has 0 N–H and O–H groups in total. The Kier molecular flexibility index (Phi) is 14.1. The molecule has 41 heavy (non-hydrogen) atoms. The molecule has 0 unspecified atom stereocenters. The first kappa shape index (κ1) is 33.5. The molecule has 0 aliphatic heterocycles. The fourth-order valence-corrected chi connectivity index (χ4v) is 8.51. The highest BCUT2D eigenvalue weighted by Crippen LogP contribution is 2.71. The number of hydrogen-bond donors (Lipinski definition) is 0. The van der Waals surface area contributed by atoms with Crippen LogP contribution in [-0.2, 0) is 34.1 Å². The molecule has 1 aromatic rings. The number of nitro groups is 1. The highest BCUT2D eigenvalue weighted by molar-refractivity contribution is 7.61. The van der Waals surface area contributed by atoms with E-state index in [1.165, 1.54) is 62.4 Å². The van der Waals surface area contributed by atoms with Gasteiger partial charge in [-0.15, -0.1) is 0 Å². The standard InChI is InChI=1S/C31H53N4O5P/c1-4-5-6-7-8-9-10-11-12-13-14-15-16-17-18-19-30(36)33(2)24-28-29(34(3)31(32-28)35(37)38)25-40-41(39,26-20-21-26)27-22-23-27/h11-12,26-27H,4-10,13-25H2,1-3H3/b12-11+. The van der Waals surface area contributed by atoms with Crippen LogP contribution in [0.15, 0.2) is 12.2 Å². The maximum atomic E-state index is 13.5. The molecular weight excluding hydrogens is 539 g/mol. The van der Waals surface area contributed by atoms with Crippen LogP contribution in [0.5, 0.6) is 0 Å². The molecule has 1 amide bonds. The van der Waals surface area contributed by atoms with E-state index in [1.54, 1.807) is 19.0 Å². The third-order valence-electron chi connectivity index (χ3n) is 8.42. The first-order valence-corrected chi connectivity index (χ1v) is 17.9.